The van der Waals surface area contributed by atoms with E-state index in [0.29, 0.717) is 32.8 Å². The van der Waals surface area contributed by atoms with E-state index in [1.54, 1.807) is 44.2 Å². The molecular formula is C18H16Cl2N2O4. The second-order valence-electron chi connectivity index (χ2n) is 5.65. The normalized spacial score (nSPS) is 16.9. The van der Waals surface area contributed by atoms with Gasteiger partial charge < -0.3 is 19.8 Å². The monoisotopic (exact) mass is 394 g/mol. The molecule has 0 unspecified atom stereocenters. The summed E-state index contributed by atoms with van der Waals surface area (Å²) < 4.78 is 11.0. The highest BCUT2D eigenvalue weighted by atomic mass is 35.5. The zero-order valence-electron chi connectivity index (χ0n) is 14.1. The Kier molecular flexibility index (Phi) is 5.25. The Morgan fingerprint density at radius 3 is 2.58 bits per heavy atom. The van der Waals surface area contributed by atoms with E-state index in [-0.39, 0.29) is 12.2 Å². The first-order chi connectivity index (χ1) is 12.4. The molecule has 136 valence electrons. The number of urea groups is 1. The van der Waals surface area contributed by atoms with Crippen molar-refractivity contribution in [3.05, 3.63) is 57.4 Å². The zero-order chi connectivity index (χ0) is 18.8. The third kappa shape index (κ3) is 3.71. The summed E-state index contributed by atoms with van der Waals surface area (Å²) in [6.07, 6.45) is 0. The Morgan fingerprint density at radius 1 is 1.23 bits per heavy atom. The molecule has 8 heteroatoms. The van der Waals surface area contributed by atoms with Crippen molar-refractivity contribution in [3.63, 3.8) is 0 Å². The largest absolute Gasteiger partial charge is 0.463 e. The highest BCUT2D eigenvalue weighted by molar-refractivity contribution is 6.35. The van der Waals surface area contributed by atoms with Crippen LogP contribution in [-0.4, -0.2) is 18.6 Å². The minimum atomic E-state index is -0.758. The number of hydrogen-bond acceptors (Lipinski definition) is 4. The molecule has 3 rings (SSSR count). The van der Waals surface area contributed by atoms with E-state index >= 15 is 0 Å². The second kappa shape index (κ2) is 7.43. The number of benzene rings is 1. The summed E-state index contributed by atoms with van der Waals surface area (Å²) in [5.41, 5.74) is 1.39. The molecule has 0 aliphatic carbocycles. The Hall–Kier alpha value is -2.44. The predicted molar refractivity (Wildman–Crippen MR) is 97.9 cm³/mol. The van der Waals surface area contributed by atoms with Crippen LogP contribution in [0.15, 0.2) is 46.0 Å². The lowest BCUT2D eigenvalue weighted by molar-refractivity contribution is -0.139. The maximum atomic E-state index is 12.3. The molecule has 0 spiro atoms. The van der Waals surface area contributed by atoms with Crippen LogP contribution in [0.3, 0.4) is 0 Å². The van der Waals surface area contributed by atoms with E-state index < -0.39 is 18.0 Å². The molecule has 2 heterocycles. The minimum Gasteiger partial charge on any atom is -0.463 e. The fourth-order valence-electron chi connectivity index (χ4n) is 2.75. The molecule has 0 bridgehead atoms. The van der Waals surface area contributed by atoms with Gasteiger partial charge in [-0.1, -0.05) is 23.2 Å². The number of carbonyl (C=O) groups is 2. The number of furan rings is 1. The van der Waals surface area contributed by atoms with E-state index in [9.17, 15) is 9.59 Å². The van der Waals surface area contributed by atoms with Crippen molar-refractivity contribution in [1.29, 1.82) is 0 Å². The average Bonchev–Trinajstić information content (AvgIpc) is 3.03. The number of rotatable bonds is 4. The quantitative estimate of drug-likeness (QED) is 0.750. The number of nitrogens with one attached hydrogen (secondary N) is 2. The van der Waals surface area contributed by atoms with Crippen LogP contribution in [-0.2, 0) is 9.53 Å². The third-order valence-electron chi connectivity index (χ3n) is 3.82. The van der Waals surface area contributed by atoms with E-state index in [4.69, 9.17) is 32.4 Å². The van der Waals surface area contributed by atoms with Crippen molar-refractivity contribution >= 4 is 35.2 Å². The third-order valence-corrected chi connectivity index (χ3v) is 4.26. The van der Waals surface area contributed by atoms with Gasteiger partial charge >= 0.3 is 12.0 Å². The van der Waals surface area contributed by atoms with Crippen molar-refractivity contribution in [2.75, 3.05) is 6.61 Å². The van der Waals surface area contributed by atoms with E-state index in [0.717, 1.165) is 0 Å². The molecule has 2 amide bonds. The molecule has 1 atom stereocenters. The molecule has 0 fully saturated rings. The van der Waals surface area contributed by atoms with Crippen molar-refractivity contribution in [1.82, 2.24) is 10.6 Å². The van der Waals surface area contributed by atoms with Gasteiger partial charge in [0.15, 0.2) is 0 Å². The lowest BCUT2D eigenvalue weighted by atomic mass is 10.0. The van der Waals surface area contributed by atoms with Crippen LogP contribution in [0.25, 0.3) is 11.3 Å². The molecule has 6 nitrogen and oxygen atoms in total. The van der Waals surface area contributed by atoms with Crippen LogP contribution in [0.1, 0.15) is 25.6 Å². The maximum Gasteiger partial charge on any atom is 0.338 e. The van der Waals surface area contributed by atoms with Crippen LogP contribution < -0.4 is 10.6 Å². The number of ether oxygens (including phenoxy) is 1. The highest BCUT2D eigenvalue weighted by Crippen LogP contribution is 2.33. The Morgan fingerprint density at radius 2 is 1.92 bits per heavy atom. The van der Waals surface area contributed by atoms with Crippen LogP contribution in [0.4, 0.5) is 4.79 Å². The van der Waals surface area contributed by atoms with Crippen molar-refractivity contribution in [3.8, 4) is 11.3 Å². The molecule has 26 heavy (non-hydrogen) atoms. The van der Waals surface area contributed by atoms with Gasteiger partial charge in [-0.25, -0.2) is 9.59 Å². The van der Waals surface area contributed by atoms with Crippen LogP contribution in [0.2, 0.25) is 10.0 Å². The summed E-state index contributed by atoms with van der Waals surface area (Å²) in [5.74, 6) is 0.387. The standard InChI is InChI=1S/C18H16Cl2N2O4/c1-3-25-17(23)15-9(2)21-18(24)22-16(15)14-5-4-13(26-14)10-6-11(19)8-12(20)7-10/h4-8,16H,3H2,1-2H3,(H2,21,22,24)/t16-/m0/s1. The number of carbonyl (C=O) groups excluding carboxylic acids is 2. The molecule has 1 aromatic heterocycles. The van der Waals surface area contributed by atoms with Gasteiger partial charge in [-0.05, 0) is 44.2 Å². The minimum absolute atomic E-state index is 0.223. The van der Waals surface area contributed by atoms with Crippen LogP contribution in [0, 0.1) is 0 Å². The first-order valence-corrected chi connectivity index (χ1v) is 8.66. The molecule has 1 aromatic carbocycles. The van der Waals surface area contributed by atoms with E-state index in [1.165, 1.54) is 0 Å². The van der Waals surface area contributed by atoms with E-state index in [2.05, 4.69) is 10.6 Å². The van der Waals surface area contributed by atoms with Gasteiger partial charge in [0.2, 0.25) is 0 Å². The topological polar surface area (TPSA) is 80.6 Å². The Labute approximate surface area is 160 Å². The molecule has 0 saturated heterocycles. The molecular weight excluding hydrogens is 379 g/mol. The number of hydrogen-bond donors (Lipinski definition) is 2. The number of halogens is 2. The van der Waals surface area contributed by atoms with Crippen molar-refractivity contribution in [2.24, 2.45) is 0 Å². The lowest BCUT2D eigenvalue weighted by Gasteiger charge is -2.26. The summed E-state index contributed by atoms with van der Waals surface area (Å²) in [5, 5.41) is 6.21. The Balaban J connectivity index is 1.99. The summed E-state index contributed by atoms with van der Waals surface area (Å²) in [4.78, 5) is 24.2. The SMILES string of the molecule is CCOC(=O)C1=C(C)NC(=O)N[C@H]1c1ccc(-c2cc(Cl)cc(Cl)c2)o1. The molecule has 2 N–H and O–H groups in total. The fraction of sp³-hybridized carbons (Fsp3) is 0.222. The molecule has 1 aliphatic heterocycles. The van der Waals surface area contributed by atoms with Gasteiger partial charge in [0.05, 0.1) is 12.2 Å². The number of amides is 2. The highest BCUT2D eigenvalue weighted by Gasteiger charge is 2.34. The van der Waals surface area contributed by atoms with Crippen molar-refractivity contribution < 1.29 is 18.7 Å². The van der Waals surface area contributed by atoms with Crippen LogP contribution >= 0.6 is 23.2 Å². The van der Waals surface area contributed by atoms with Gasteiger partial charge in [-0.2, -0.15) is 0 Å². The predicted octanol–water partition coefficient (Wildman–Crippen LogP) is 4.44. The summed E-state index contributed by atoms with van der Waals surface area (Å²) >= 11 is 12.1. The smallest absolute Gasteiger partial charge is 0.338 e. The molecule has 1 aliphatic rings. The van der Waals surface area contributed by atoms with Gasteiger partial charge in [0.25, 0.3) is 0 Å². The van der Waals surface area contributed by atoms with Gasteiger partial charge in [-0.15, -0.1) is 0 Å². The van der Waals surface area contributed by atoms with Crippen molar-refractivity contribution in [2.45, 2.75) is 19.9 Å². The number of allylic oxidation sites excluding steroid dienone is 1. The first-order valence-electron chi connectivity index (χ1n) is 7.90. The summed E-state index contributed by atoms with van der Waals surface area (Å²) in [7, 11) is 0. The van der Waals surface area contributed by atoms with Gasteiger partial charge in [0.1, 0.15) is 17.6 Å². The maximum absolute atomic E-state index is 12.3. The lowest BCUT2D eigenvalue weighted by Crippen LogP contribution is -2.45. The average molecular weight is 395 g/mol. The second-order valence-corrected chi connectivity index (χ2v) is 6.52. The zero-order valence-corrected chi connectivity index (χ0v) is 15.6. The molecule has 0 saturated carbocycles. The fourth-order valence-corrected chi connectivity index (χ4v) is 3.27. The van der Waals surface area contributed by atoms with E-state index in [1.807, 2.05) is 0 Å². The summed E-state index contributed by atoms with van der Waals surface area (Å²) in [6.45, 7) is 3.57. The van der Waals surface area contributed by atoms with Crippen LogP contribution in [0.5, 0.6) is 0 Å². The van der Waals surface area contributed by atoms with Gasteiger partial charge in [-0.3, -0.25) is 0 Å². The molecule has 0 radical (unpaired) electrons. The molecule has 2 aromatic rings. The summed E-state index contributed by atoms with van der Waals surface area (Å²) in [6, 6.07) is 7.27. The Bertz CT molecular complexity index is 884. The first kappa shape index (κ1) is 18.4. The number of esters is 1. The van der Waals surface area contributed by atoms with Gasteiger partial charge in [0, 0.05) is 21.3 Å².